The summed E-state index contributed by atoms with van der Waals surface area (Å²) in [4.78, 5) is 19.0. The van der Waals surface area contributed by atoms with Gasteiger partial charge in [-0.05, 0) is 66.4 Å². The van der Waals surface area contributed by atoms with Gasteiger partial charge in [-0.2, -0.15) is 0 Å². The van der Waals surface area contributed by atoms with Crippen LogP contribution in [0.5, 0.6) is 0 Å². The molecule has 0 bridgehead atoms. The first-order valence-corrected chi connectivity index (χ1v) is 12.0. The lowest BCUT2D eigenvalue weighted by Crippen LogP contribution is -2.28. The molecule has 32 heavy (non-hydrogen) atoms. The second-order valence-electron chi connectivity index (χ2n) is 8.36. The summed E-state index contributed by atoms with van der Waals surface area (Å²) in [6, 6.07) is 16.9. The second kappa shape index (κ2) is 8.00. The summed E-state index contributed by atoms with van der Waals surface area (Å²) in [6.45, 7) is 3.06. The quantitative estimate of drug-likeness (QED) is 0.480. The fourth-order valence-corrected chi connectivity index (χ4v) is 4.20. The molecule has 2 heterocycles. The monoisotopic (exact) mass is 448 g/mol. The topological polar surface area (TPSA) is 100 Å². The third kappa shape index (κ3) is 3.85. The molecule has 0 saturated carbocycles. The summed E-state index contributed by atoms with van der Waals surface area (Å²) < 4.78 is 23.9. The summed E-state index contributed by atoms with van der Waals surface area (Å²) in [7, 11) is -3.36. The number of rotatable bonds is 5. The SMILES string of the molecule is CC(C)(c1cc(-c2cccc(-c3c[nH]c(=O)c(CO)c3)c2)c2ncccc2c1)S(C)(=O)=O. The number of pyridine rings is 2. The molecule has 0 unspecified atom stereocenters. The number of benzene rings is 2. The van der Waals surface area contributed by atoms with Gasteiger partial charge in [0.25, 0.3) is 5.56 Å². The number of hydrogen-bond donors (Lipinski definition) is 2. The Bertz CT molecular complexity index is 1490. The molecule has 0 aliphatic rings. The summed E-state index contributed by atoms with van der Waals surface area (Å²) in [5, 5.41) is 10.3. The number of H-pyrrole nitrogens is 1. The van der Waals surface area contributed by atoms with Crippen LogP contribution in [0.4, 0.5) is 0 Å². The molecule has 0 spiro atoms. The highest BCUT2D eigenvalue weighted by Gasteiger charge is 2.33. The summed E-state index contributed by atoms with van der Waals surface area (Å²) in [5.74, 6) is 0. The first-order chi connectivity index (χ1) is 15.1. The van der Waals surface area contributed by atoms with Gasteiger partial charge in [0.1, 0.15) is 0 Å². The Kier molecular flexibility index (Phi) is 5.48. The summed E-state index contributed by atoms with van der Waals surface area (Å²) >= 11 is 0. The van der Waals surface area contributed by atoms with E-state index in [0.717, 1.165) is 33.2 Å². The van der Waals surface area contributed by atoms with Crippen LogP contribution in [-0.2, 0) is 21.2 Å². The summed E-state index contributed by atoms with van der Waals surface area (Å²) in [6.07, 6.45) is 4.57. The normalized spacial score (nSPS) is 12.2. The second-order valence-corrected chi connectivity index (χ2v) is 10.9. The minimum Gasteiger partial charge on any atom is -0.391 e. The Balaban J connectivity index is 1.94. The lowest BCUT2D eigenvalue weighted by Gasteiger charge is -2.24. The molecule has 0 atom stereocenters. The van der Waals surface area contributed by atoms with Gasteiger partial charge in [-0.15, -0.1) is 0 Å². The highest BCUT2D eigenvalue weighted by Crippen LogP contribution is 2.37. The van der Waals surface area contributed by atoms with Crippen molar-refractivity contribution in [3.8, 4) is 22.3 Å². The molecule has 4 rings (SSSR count). The van der Waals surface area contributed by atoms with Gasteiger partial charge < -0.3 is 10.1 Å². The van der Waals surface area contributed by atoms with E-state index in [9.17, 15) is 18.3 Å². The van der Waals surface area contributed by atoms with Crippen LogP contribution in [0, 0.1) is 0 Å². The molecule has 4 aromatic rings. The Morgan fingerprint density at radius 2 is 1.75 bits per heavy atom. The number of nitrogens with zero attached hydrogens (tertiary/aromatic N) is 1. The maximum Gasteiger partial charge on any atom is 0.253 e. The zero-order chi connectivity index (χ0) is 23.1. The number of nitrogens with one attached hydrogen (secondary N) is 1. The molecule has 164 valence electrons. The largest absolute Gasteiger partial charge is 0.391 e. The molecule has 0 saturated heterocycles. The van der Waals surface area contributed by atoms with Crippen molar-refractivity contribution in [2.24, 2.45) is 0 Å². The van der Waals surface area contributed by atoms with E-state index in [4.69, 9.17) is 0 Å². The number of aromatic nitrogens is 2. The molecule has 2 aromatic heterocycles. The minimum absolute atomic E-state index is 0.289. The van der Waals surface area contributed by atoms with Crippen LogP contribution in [0.3, 0.4) is 0 Å². The first-order valence-electron chi connectivity index (χ1n) is 10.1. The number of aliphatic hydroxyl groups is 1. The van der Waals surface area contributed by atoms with Crippen molar-refractivity contribution in [3.63, 3.8) is 0 Å². The van der Waals surface area contributed by atoms with E-state index in [2.05, 4.69) is 9.97 Å². The number of fused-ring (bicyclic) bond motifs is 1. The third-order valence-electron chi connectivity index (χ3n) is 5.98. The lowest BCUT2D eigenvalue weighted by atomic mass is 9.92. The molecule has 0 aliphatic heterocycles. The van der Waals surface area contributed by atoms with Crippen molar-refractivity contribution in [2.45, 2.75) is 25.2 Å². The van der Waals surface area contributed by atoms with Gasteiger partial charge in [-0.1, -0.05) is 24.3 Å². The zero-order valence-corrected chi connectivity index (χ0v) is 18.9. The van der Waals surface area contributed by atoms with E-state index in [1.165, 1.54) is 6.26 Å². The van der Waals surface area contributed by atoms with Crippen LogP contribution in [-0.4, -0.2) is 29.7 Å². The smallest absolute Gasteiger partial charge is 0.253 e. The highest BCUT2D eigenvalue weighted by atomic mass is 32.2. The highest BCUT2D eigenvalue weighted by molar-refractivity contribution is 7.91. The van der Waals surface area contributed by atoms with Gasteiger partial charge in [0, 0.05) is 35.2 Å². The molecule has 6 nitrogen and oxygen atoms in total. The van der Waals surface area contributed by atoms with Gasteiger partial charge in [0.15, 0.2) is 9.84 Å². The molecule has 0 radical (unpaired) electrons. The van der Waals surface area contributed by atoms with Gasteiger partial charge in [-0.25, -0.2) is 8.42 Å². The van der Waals surface area contributed by atoms with Gasteiger partial charge >= 0.3 is 0 Å². The van der Waals surface area contributed by atoms with E-state index in [0.29, 0.717) is 5.56 Å². The molecule has 2 N–H and O–H groups in total. The van der Waals surface area contributed by atoms with E-state index >= 15 is 0 Å². The van der Waals surface area contributed by atoms with Crippen LogP contribution in [0.25, 0.3) is 33.2 Å². The number of aromatic amines is 1. The number of sulfone groups is 1. The molecule has 0 fully saturated rings. The van der Waals surface area contributed by atoms with Crippen molar-refractivity contribution >= 4 is 20.7 Å². The van der Waals surface area contributed by atoms with Crippen LogP contribution in [0.15, 0.2) is 71.8 Å². The van der Waals surface area contributed by atoms with Crippen molar-refractivity contribution in [1.82, 2.24) is 9.97 Å². The Hall–Kier alpha value is -3.29. The predicted molar refractivity (Wildman–Crippen MR) is 127 cm³/mol. The van der Waals surface area contributed by atoms with E-state index in [1.54, 1.807) is 32.3 Å². The van der Waals surface area contributed by atoms with Gasteiger partial charge in [0.2, 0.25) is 0 Å². The van der Waals surface area contributed by atoms with Crippen molar-refractivity contribution in [1.29, 1.82) is 0 Å². The van der Waals surface area contributed by atoms with Crippen molar-refractivity contribution < 1.29 is 13.5 Å². The van der Waals surface area contributed by atoms with Crippen LogP contribution >= 0.6 is 0 Å². The van der Waals surface area contributed by atoms with E-state index in [-0.39, 0.29) is 17.7 Å². The average Bonchev–Trinajstić information content (AvgIpc) is 2.78. The van der Waals surface area contributed by atoms with Crippen molar-refractivity contribution in [3.05, 3.63) is 88.5 Å². The number of aliphatic hydroxyl groups excluding tert-OH is 1. The fraction of sp³-hybridized carbons (Fsp3) is 0.200. The van der Waals surface area contributed by atoms with Crippen LogP contribution < -0.4 is 5.56 Å². The maximum atomic E-state index is 12.5. The van der Waals surface area contributed by atoms with Crippen molar-refractivity contribution in [2.75, 3.05) is 6.26 Å². The predicted octanol–water partition coefficient (Wildman–Crippen LogP) is 4.03. The molecule has 0 aliphatic carbocycles. The fourth-order valence-electron chi connectivity index (χ4n) is 3.66. The zero-order valence-electron chi connectivity index (χ0n) is 18.1. The van der Waals surface area contributed by atoms with Gasteiger partial charge in [0.05, 0.1) is 16.9 Å². The summed E-state index contributed by atoms with van der Waals surface area (Å²) in [5.41, 5.74) is 4.74. The lowest BCUT2D eigenvalue weighted by molar-refractivity contribution is 0.280. The maximum absolute atomic E-state index is 12.5. The van der Waals surface area contributed by atoms with Crippen LogP contribution in [0.2, 0.25) is 0 Å². The Morgan fingerprint density at radius 1 is 1.00 bits per heavy atom. The third-order valence-corrected chi connectivity index (χ3v) is 8.07. The molecule has 7 heteroatoms. The van der Waals surface area contributed by atoms with Gasteiger partial charge in [-0.3, -0.25) is 9.78 Å². The molecule has 0 amide bonds. The molecular formula is C25H24N2O4S. The van der Waals surface area contributed by atoms with E-state index in [1.807, 2.05) is 48.5 Å². The molecule has 2 aromatic carbocycles. The first kappa shape index (κ1) is 21.9. The standard InChI is InChI=1S/C25H24N2O4S/c1-25(2,32(3,30)31)21-12-18-8-5-9-26-23(18)22(13-21)17-7-4-6-16(10-17)19-11-20(15-28)24(29)27-14-19/h4-14,28H,15H2,1-3H3,(H,27,29). The Morgan fingerprint density at radius 3 is 2.47 bits per heavy atom. The molecular weight excluding hydrogens is 424 g/mol. The van der Waals surface area contributed by atoms with Crippen LogP contribution in [0.1, 0.15) is 25.0 Å². The minimum atomic E-state index is -3.36. The number of hydrogen-bond acceptors (Lipinski definition) is 5. The Labute approximate surface area is 186 Å². The van der Waals surface area contributed by atoms with E-state index < -0.39 is 14.6 Å². The average molecular weight is 449 g/mol.